The van der Waals surface area contributed by atoms with Crippen molar-refractivity contribution >= 4 is 23.1 Å². The molecule has 1 aliphatic rings. The van der Waals surface area contributed by atoms with E-state index in [-0.39, 0.29) is 23.2 Å². The van der Waals surface area contributed by atoms with E-state index in [0.29, 0.717) is 49.4 Å². The maximum atomic E-state index is 14.3. The van der Waals surface area contributed by atoms with E-state index in [1.165, 1.54) is 48.7 Å². The van der Waals surface area contributed by atoms with Crippen molar-refractivity contribution < 1.29 is 27.1 Å². The van der Waals surface area contributed by atoms with Crippen molar-refractivity contribution in [3.05, 3.63) is 71.9 Å². The van der Waals surface area contributed by atoms with E-state index in [2.05, 4.69) is 15.3 Å². The van der Waals surface area contributed by atoms with Gasteiger partial charge in [0.25, 0.3) is 5.91 Å². The van der Waals surface area contributed by atoms with Gasteiger partial charge in [0.2, 0.25) is 0 Å². The topological polar surface area (TPSA) is 97.8 Å². The Labute approximate surface area is 221 Å². The van der Waals surface area contributed by atoms with E-state index in [1.807, 2.05) is 0 Å². The number of piperidine rings is 1. The van der Waals surface area contributed by atoms with Crippen molar-refractivity contribution in [3.8, 4) is 17.0 Å². The van der Waals surface area contributed by atoms with E-state index in [1.54, 1.807) is 16.7 Å². The molecule has 1 fully saturated rings. The second-order valence-electron chi connectivity index (χ2n) is 9.32. The highest BCUT2D eigenvalue weighted by molar-refractivity contribution is 5.96. The molecule has 0 radical (unpaired) electrons. The summed E-state index contributed by atoms with van der Waals surface area (Å²) in [5, 5.41) is 2.89. The number of amides is 1. The van der Waals surface area contributed by atoms with Gasteiger partial charge in [-0.05, 0) is 61.7 Å². The molecule has 4 aromatic rings. The summed E-state index contributed by atoms with van der Waals surface area (Å²) in [6, 6.07) is 7.95. The van der Waals surface area contributed by atoms with Crippen LogP contribution in [0.4, 0.5) is 29.1 Å². The minimum Gasteiger partial charge on any atom is -0.494 e. The Morgan fingerprint density at radius 2 is 1.92 bits per heavy atom. The number of imidazole rings is 1. The molecule has 0 bridgehead atoms. The molecule has 3 heterocycles. The lowest BCUT2D eigenvalue weighted by Gasteiger charge is -2.32. The fraction of sp³-hybridized carbons (Fsp3) is 0.296. The summed E-state index contributed by atoms with van der Waals surface area (Å²) in [5.41, 5.74) is 5.72. The lowest BCUT2D eigenvalue weighted by molar-refractivity contribution is -0.138. The molecule has 2 aromatic heterocycles. The molecular formula is C27H26F4N6O2. The van der Waals surface area contributed by atoms with Gasteiger partial charge in [-0.3, -0.25) is 9.20 Å². The molecule has 1 saturated heterocycles. The molecule has 2 aromatic carbocycles. The largest absolute Gasteiger partial charge is 0.494 e. The molecule has 12 heteroatoms. The molecule has 0 spiro atoms. The minimum absolute atomic E-state index is 0.0846. The van der Waals surface area contributed by atoms with Gasteiger partial charge >= 0.3 is 6.18 Å². The normalized spacial score (nSPS) is 14.6. The van der Waals surface area contributed by atoms with Crippen LogP contribution in [0.15, 0.2) is 55.0 Å². The van der Waals surface area contributed by atoms with Crippen molar-refractivity contribution in [1.82, 2.24) is 19.3 Å². The number of fused-ring (bicyclic) bond motifs is 1. The Morgan fingerprint density at radius 1 is 1.15 bits per heavy atom. The van der Waals surface area contributed by atoms with Crippen LogP contribution in [-0.4, -0.2) is 51.9 Å². The molecule has 204 valence electrons. The van der Waals surface area contributed by atoms with Crippen molar-refractivity contribution in [2.75, 3.05) is 32.1 Å². The predicted molar refractivity (Wildman–Crippen MR) is 137 cm³/mol. The molecule has 1 aliphatic heterocycles. The number of halogens is 4. The van der Waals surface area contributed by atoms with Gasteiger partial charge in [-0.1, -0.05) is 0 Å². The summed E-state index contributed by atoms with van der Waals surface area (Å²) in [7, 11) is 1.37. The number of ether oxygens (including phenoxy) is 1. The van der Waals surface area contributed by atoms with Crippen LogP contribution in [0.25, 0.3) is 16.9 Å². The number of aromatic nitrogens is 3. The number of hydrogen-bond donors (Lipinski definition) is 2. The molecule has 5 rings (SSSR count). The third-order valence-corrected chi connectivity index (χ3v) is 6.93. The average Bonchev–Trinajstić information content (AvgIpc) is 3.37. The van der Waals surface area contributed by atoms with Crippen molar-refractivity contribution in [1.29, 1.82) is 0 Å². The van der Waals surface area contributed by atoms with Crippen LogP contribution in [0, 0.1) is 11.7 Å². The standard InChI is InChI=1S/C27H26F4N6O2/c1-39-23-5-2-17(12-21(23)28)22-15-34-25-24(33-8-11-37(22)25)35-18-3-4-19(20(13-18)27(29,30)31)26(38)36-9-6-16(14-32)7-10-36/h2-5,8,11-13,15-16H,6-7,9-10,14,32H2,1H3,(H,33,35). The van der Waals surface area contributed by atoms with Gasteiger partial charge in [0.1, 0.15) is 0 Å². The number of carbonyl (C=O) groups excluding carboxylic acids is 1. The summed E-state index contributed by atoms with van der Waals surface area (Å²) < 4.78 is 63.1. The summed E-state index contributed by atoms with van der Waals surface area (Å²) in [6.45, 7) is 1.22. The Balaban J connectivity index is 1.45. The first-order chi connectivity index (χ1) is 18.7. The highest BCUT2D eigenvalue weighted by atomic mass is 19.4. The van der Waals surface area contributed by atoms with E-state index < -0.39 is 29.0 Å². The average molecular weight is 543 g/mol. The van der Waals surface area contributed by atoms with Gasteiger partial charge < -0.3 is 20.7 Å². The first-order valence-corrected chi connectivity index (χ1v) is 12.3. The van der Waals surface area contributed by atoms with Crippen LogP contribution in [0.1, 0.15) is 28.8 Å². The summed E-state index contributed by atoms with van der Waals surface area (Å²) in [6.07, 6.45) is 1.15. The quantitative estimate of drug-likeness (QED) is 0.329. The highest BCUT2D eigenvalue weighted by Crippen LogP contribution is 2.36. The lowest BCUT2D eigenvalue weighted by Crippen LogP contribution is -2.40. The summed E-state index contributed by atoms with van der Waals surface area (Å²) >= 11 is 0. The van der Waals surface area contributed by atoms with Crippen molar-refractivity contribution in [2.24, 2.45) is 11.7 Å². The Kier molecular flexibility index (Phi) is 7.13. The number of carbonyl (C=O) groups is 1. The first-order valence-electron chi connectivity index (χ1n) is 12.3. The molecular weight excluding hydrogens is 516 g/mol. The fourth-order valence-electron chi connectivity index (χ4n) is 4.77. The van der Waals surface area contributed by atoms with Crippen LogP contribution in [0.2, 0.25) is 0 Å². The monoisotopic (exact) mass is 542 g/mol. The molecule has 0 saturated carbocycles. The van der Waals surface area contributed by atoms with Crippen LogP contribution in [0.5, 0.6) is 5.75 Å². The maximum Gasteiger partial charge on any atom is 0.417 e. The Hall–Kier alpha value is -4.19. The Morgan fingerprint density at radius 3 is 2.59 bits per heavy atom. The van der Waals surface area contributed by atoms with Gasteiger partial charge in [-0.25, -0.2) is 14.4 Å². The molecule has 3 N–H and O–H groups in total. The zero-order valence-electron chi connectivity index (χ0n) is 21.0. The first kappa shape index (κ1) is 26.4. The van der Waals surface area contributed by atoms with Crippen LogP contribution >= 0.6 is 0 Å². The lowest BCUT2D eigenvalue weighted by atomic mass is 9.96. The van der Waals surface area contributed by atoms with E-state index >= 15 is 0 Å². The summed E-state index contributed by atoms with van der Waals surface area (Å²) in [5.74, 6) is -0.651. The smallest absolute Gasteiger partial charge is 0.417 e. The van der Waals surface area contributed by atoms with Crippen LogP contribution in [0.3, 0.4) is 0 Å². The molecule has 0 unspecified atom stereocenters. The van der Waals surface area contributed by atoms with E-state index in [4.69, 9.17) is 10.5 Å². The van der Waals surface area contributed by atoms with E-state index in [0.717, 1.165) is 6.07 Å². The van der Waals surface area contributed by atoms with Gasteiger partial charge in [-0.2, -0.15) is 13.2 Å². The second-order valence-corrected chi connectivity index (χ2v) is 9.32. The zero-order chi connectivity index (χ0) is 27.7. The fourth-order valence-corrected chi connectivity index (χ4v) is 4.77. The molecule has 0 aliphatic carbocycles. The van der Waals surface area contributed by atoms with Crippen molar-refractivity contribution in [2.45, 2.75) is 19.0 Å². The highest BCUT2D eigenvalue weighted by Gasteiger charge is 2.37. The molecule has 8 nitrogen and oxygen atoms in total. The number of nitrogens with two attached hydrogens (primary N) is 1. The van der Waals surface area contributed by atoms with Gasteiger partial charge in [-0.15, -0.1) is 0 Å². The zero-order valence-corrected chi connectivity index (χ0v) is 21.0. The number of hydrogen-bond acceptors (Lipinski definition) is 6. The third kappa shape index (κ3) is 5.24. The minimum atomic E-state index is -4.75. The molecule has 39 heavy (non-hydrogen) atoms. The van der Waals surface area contributed by atoms with Crippen molar-refractivity contribution in [3.63, 3.8) is 0 Å². The van der Waals surface area contributed by atoms with Crippen LogP contribution in [-0.2, 0) is 6.18 Å². The summed E-state index contributed by atoms with van der Waals surface area (Å²) in [4.78, 5) is 23.1. The van der Waals surface area contributed by atoms with Crippen LogP contribution < -0.4 is 15.8 Å². The number of alkyl halides is 3. The number of anilines is 2. The van der Waals surface area contributed by atoms with Gasteiger partial charge in [0.05, 0.1) is 30.1 Å². The number of rotatable bonds is 6. The van der Waals surface area contributed by atoms with E-state index in [9.17, 15) is 22.4 Å². The number of benzene rings is 2. The molecule has 1 amide bonds. The van der Waals surface area contributed by atoms with Gasteiger partial charge in [0, 0.05) is 36.7 Å². The maximum absolute atomic E-state index is 14.3. The number of likely N-dealkylation sites (tertiary alicyclic amines) is 1. The number of nitrogens with zero attached hydrogens (tertiary/aromatic N) is 4. The Bertz CT molecular complexity index is 1510. The molecule has 0 atom stereocenters. The number of nitrogens with one attached hydrogen (secondary N) is 1. The SMILES string of the molecule is COc1ccc(-c2cnc3c(Nc4ccc(C(=O)N5CCC(CN)CC5)c(C(F)(F)F)c4)nccn23)cc1F. The third-order valence-electron chi connectivity index (χ3n) is 6.93. The predicted octanol–water partition coefficient (Wildman–Crippen LogP) is 5.12. The van der Waals surface area contributed by atoms with Gasteiger partial charge in [0.15, 0.2) is 23.0 Å². The second kappa shape index (κ2) is 10.5. The number of methoxy groups -OCH3 is 1.